The fraction of sp³-hybridized carbons (Fsp3) is 0.611. The molecule has 2 aliphatic heterocycles. The molecule has 2 aliphatic rings. The van der Waals surface area contributed by atoms with Gasteiger partial charge in [0, 0.05) is 37.6 Å². The maximum absolute atomic E-state index is 12.5. The van der Waals surface area contributed by atoms with Crippen LogP contribution in [0.25, 0.3) is 0 Å². The number of aryl methyl sites for hydroxylation is 1. The monoisotopic (exact) mass is 376 g/mol. The van der Waals surface area contributed by atoms with Crippen molar-refractivity contribution < 1.29 is 14.1 Å². The van der Waals surface area contributed by atoms with E-state index in [0.29, 0.717) is 11.7 Å². The molecule has 0 saturated carbocycles. The Morgan fingerprint density at radius 2 is 2.19 bits per heavy atom. The van der Waals surface area contributed by atoms with Crippen LogP contribution in [0.15, 0.2) is 22.0 Å². The standard InChI is InChI=1S/C18H24N4O3S/c1-14-19-16(25-20-14)11-17(23)22-6-4-18(5-7-22)13-21(8-9-24-18)12-15-3-2-10-26-15/h2-3,10H,4-9,11-13H2,1H3. The summed E-state index contributed by atoms with van der Waals surface area (Å²) >= 11 is 1.80. The highest BCUT2D eigenvalue weighted by Gasteiger charge is 2.40. The molecule has 2 aromatic rings. The van der Waals surface area contributed by atoms with Gasteiger partial charge in [0.2, 0.25) is 11.8 Å². The van der Waals surface area contributed by atoms with Crippen LogP contribution in [0.2, 0.25) is 0 Å². The summed E-state index contributed by atoms with van der Waals surface area (Å²) in [5, 5.41) is 5.87. The highest BCUT2D eigenvalue weighted by atomic mass is 32.1. The second-order valence-electron chi connectivity index (χ2n) is 7.11. The van der Waals surface area contributed by atoms with Gasteiger partial charge in [-0.05, 0) is 31.2 Å². The highest BCUT2D eigenvalue weighted by molar-refractivity contribution is 7.09. The number of hydrogen-bond acceptors (Lipinski definition) is 7. The summed E-state index contributed by atoms with van der Waals surface area (Å²) < 4.78 is 11.2. The van der Waals surface area contributed by atoms with Crippen LogP contribution in [0.1, 0.15) is 29.4 Å². The third-order valence-corrected chi connectivity index (χ3v) is 6.05. The van der Waals surface area contributed by atoms with E-state index in [1.54, 1.807) is 18.3 Å². The molecule has 0 bridgehead atoms. The predicted octanol–water partition coefficient (Wildman–Crippen LogP) is 1.88. The van der Waals surface area contributed by atoms with Crippen molar-refractivity contribution in [1.82, 2.24) is 19.9 Å². The normalized spacial score (nSPS) is 20.6. The molecule has 26 heavy (non-hydrogen) atoms. The molecule has 1 spiro atoms. The summed E-state index contributed by atoms with van der Waals surface area (Å²) in [6.45, 7) is 6.86. The van der Waals surface area contributed by atoms with E-state index in [1.807, 2.05) is 4.90 Å². The number of nitrogens with zero attached hydrogens (tertiary/aromatic N) is 4. The minimum atomic E-state index is -0.118. The predicted molar refractivity (Wildman–Crippen MR) is 96.8 cm³/mol. The Kier molecular flexibility index (Phi) is 5.06. The van der Waals surface area contributed by atoms with Gasteiger partial charge in [0.25, 0.3) is 0 Å². The van der Waals surface area contributed by atoms with Gasteiger partial charge in [-0.25, -0.2) is 0 Å². The number of likely N-dealkylation sites (tertiary alicyclic amines) is 1. The van der Waals surface area contributed by atoms with E-state index in [1.165, 1.54) is 4.88 Å². The number of hydrogen-bond donors (Lipinski definition) is 0. The van der Waals surface area contributed by atoms with Crippen LogP contribution in [0, 0.1) is 6.92 Å². The zero-order chi connectivity index (χ0) is 18.0. The van der Waals surface area contributed by atoms with Crippen molar-refractivity contribution in [1.29, 1.82) is 0 Å². The Balaban J connectivity index is 1.31. The first-order chi connectivity index (χ1) is 12.6. The fourth-order valence-corrected chi connectivity index (χ4v) is 4.55. The third-order valence-electron chi connectivity index (χ3n) is 5.19. The van der Waals surface area contributed by atoms with E-state index in [9.17, 15) is 4.79 Å². The van der Waals surface area contributed by atoms with Crippen LogP contribution in [-0.2, 0) is 22.5 Å². The molecule has 0 atom stereocenters. The average Bonchev–Trinajstić information content (AvgIpc) is 3.27. The quantitative estimate of drug-likeness (QED) is 0.811. The summed E-state index contributed by atoms with van der Waals surface area (Å²) in [6, 6.07) is 4.29. The summed E-state index contributed by atoms with van der Waals surface area (Å²) in [5.41, 5.74) is -0.118. The molecular formula is C18H24N4O3S. The van der Waals surface area contributed by atoms with Gasteiger partial charge >= 0.3 is 0 Å². The number of ether oxygens (including phenoxy) is 1. The number of rotatable bonds is 4. The number of amides is 1. The topological polar surface area (TPSA) is 71.7 Å². The van der Waals surface area contributed by atoms with Crippen LogP contribution in [0.5, 0.6) is 0 Å². The van der Waals surface area contributed by atoms with Gasteiger partial charge < -0.3 is 14.2 Å². The first kappa shape index (κ1) is 17.6. The van der Waals surface area contributed by atoms with Crippen LogP contribution in [0.4, 0.5) is 0 Å². The largest absolute Gasteiger partial charge is 0.372 e. The Labute approximate surface area is 156 Å². The molecule has 4 rings (SSSR count). The van der Waals surface area contributed by atoms with E-state index in [-0.39, 0.29) is 17.9 Å². The lowest BCUT2D eigenvalue weighted by atomic mass is 9.89. The molecule has 0 aromatic carbocycles. The van der Waals surface area contributed by atoms with E-state index < -0.39 is 0 Å². The maximum Gasteiger partial charge on any atom is 0.236 e. The Morgan fingerprint density at radius 1 is 1.35 bits per heavy atom. The molecule has 140 valence electrons. The second kappa shape index (κ2) is 7.46. The zero-order valence-corrected chi connectivity index (χ0v) is 15.8. The SMILES string of the molecule is Cc1noc(CC(=O)N2CCC3(CC2)CN(Cc2cccs2)CCO3)n1. The van der Waals surface area contributed by atoms with Crippen molar-refractivity contribution >= 4 is 17.2 Å². The third kappa shape index (κ3) is 3.97. The first-order valence-corrected chi connectivity index (χ1v) is 9.96. The summed E-state index contributed by atoms with van der Waals surface area (Å²) in [6.07, 6.45) is 1.93. The number of aromatic nitrogens is 2. The molecule has 7 nitrogen and oxygen atoms in total. The Morgan fingerprint density at radius 3 is 2.88 bits per heavy atom. The van der Waals surface area contributed by atoms with Gasteiger partial charge in [-0.3, -0.25) is 9.69 Å². The summed E-state index contributed by atoms with van der Waals surface area (Å²) in [5.74, 6) is 1.01. The van der Waals surface area contributed by atoms with Crippen LogP contribution >= 0.6 is 11.3 Å². The van der Waals surface area contributed by atoms with Crippen molar-refractivity contribution in [3.63, 3.8) is 0 Å². The Bertz CT molecular complexity index is 737. The highest BCUT2D eigenvalue weighted by Crippen LogP contribution is 2.31. The number of carbonyl (C=O) groups excluding carboxylic acids is 1. The van der Waals surface area contributed by atoms with Crippen molar-refractivity contribution in [2.24, 2.45) is 0 Å². The summed E-state index contributed by atoms with van der Waals surface area (Å²) in [7, 11) is 0. The lowest BCUT2D eigenvalue weighted by Crippen LogP contribution is -2.57. The van der Waals surface area contributed by atoms with Crippen LogP contribution in [0.3, 0.4) is 0 Å². The van der Waals surface area contributed by atoms with Gasteiger partial charge in [-0.15, -0.1) is 11.3 Å². The van der Waals surface area contributed by atoms with Crippen LogP contribution < -0.4 is 0 Å². The maximum atomic E-state index is 12.5. The van der Waals surface area contributed by atoms with Crippen LogP contribution in [-0.4, -0.2) is 64.2 Å². The number of carbonyl (C=O) groups is 1. The van der Waals surface area contributed by atoms with Crippen molar-refractivity contribution in [2.75, 3.05) is 32.8 Å². The molecule has 2 aromatic heterocycles. The molecular weight excluding hydrogens is 352 g/mol. The molecule has 0 N–H and O–H groups in total. The van der Waals surface area contributed by atoms with Gasteiger partial charge in [0.1, 0.15) is 6.42 Å². The molecule has 0 radical (unpaired) electrons. The Hall–Kier alpha value is -1.77. The van der Waals surface area contributed by atoms with Gasteiger partial charge in [0.05, 0.1) is 12.2 Å². The molecule has 2 saturated heterocycles. The second-order valence-corrected chi connectivity index (χ2v) is 8.15. The lowest BCUT2D eigenvalue weighted by molar-refractivity contribution is -0.151. The molecule has 8 heteroatoms. The molecule has 1 amide bonds. The summed E-state index contributed by atoms with van der Waals surface area (Å²) in [4.78, 5) is 22.4. The van der Waals surface area contributed by atoms with Crippen molar-refractivity contribution in [3.05, 3.63) is 34.1 Å². The van der Waals surface area contributed by atoms with Gasteiger partial charge in [0.15, 0.2) is 5.82 Å². The smallest absolute Gasteiger partial charge is 0.236 e. The minimum Gasteiger partial charge on any atom is -0.372 e. The van der Waals surface area contributed by atoms with Gasteiger partial charge in [-0.2, -0.15) is 4.98 Å². The molecule has 4 heterocycles. The van der Waals surface area contributed by atoms with E-state index in [2.05, 4.69) is 32.6 Å². The lowest BCUT2D eigenvalue weighted by Gasteiger charge is -2.47. The van der Waals surface area contributed by atoms with E-state index in [4.69, 9.17) is 9.26 Å². The number of piperidine rings is 1. The molecule has 2 fully saturated rings. The average molecular weight is 376 g/mol. The van der Waals surface area contributed by atoms with Gasteiger partial charge in [-0.1, -0.05) is 11.2 Å². The number of thiophene rings is 1. The number of morpholine rings is 1. The molecule has 0 unspecified atom stereocenters. The first-order valence-electron chi connectivity index (χ1n) is 9.08. The minimum absolute atomic E-state index is 0.0507. The van der Waals surface area contributed by atoms with E-state index in [0.717, 1.165) is 52.2 Å². The van der Waals surface area contributed by atoms with E-state index >= 15 is 0 Å². The van der Waals surface area contributed by atoms with Crippen molar-refractivity contribution in [3.8, 4) is 0 Å². The molecule has 0 aliphatic carbocycles. The van der Waals surface area contributed by atoms with Crippen molar-refractivity contribution in [2.45, 2.75) is 38.3 Å². The fourth-order valence-electron chi connectivity index (χ4n) is 3.80. The zero-order valence-electron chi connectivity index (χ0n) is 15.0.